The van der Waals surface area contributed by atoms with Gasteiger partial charge in [0, 0.05) is 19.6 Å². The molecule has 2 nitrogen and oxygen atoms in total. The van der Waals surface area contributed by atoms with Crippen LogP contribution in [0.1, 0.15) is 6.92 Å². The number of benzene rings is 1. The van der Waals surface area contributed by atoms with Crippen LogP contribution in [0, 0.1) is 5.82 Å². The van der Waals surface area contributed by atoms with E-state index in [2.05, 4.69) is 17.1 Å². The van der Waals surface area contributed by atoms with Crippen molar-refractivity contribution in [3.63, 3.8) is 0 Å². The molecule has 0 spiro atoms. The van der Waals surface area contributed by atoms with Gasteiger partial charge in [0.05, 0.1) is 11.4 Å². The third-order valence-corrected chi connectivity index (χ3v) is 2.32. The molecule has 0 aromatic heterocycles. The Hall–Kier alpha value is -1.25. The van der Waals surface area contributed by atoms with Gasteiger partial charge < -0.3 is 10.2 Å². The van der Waals surface area contributed by atoms with E-state index in [1.807, 2.05) is 7.05 Å². The van der Waals surface area contributed by atoms with Crippen LogP contribution in [0.15, 0.2) is 18.2 Å². The number of nitrogens with one attached hydrogen (secondary N) is 1. The Kier molecular flexibility index (Phi) is 1.87. The predicted molar refractivity (Wildman–Crippen MR) is 52.8 cm³/mol. The van der Waals surface area contributed by atoms with E-state index >= 15 is 0 Å². The van der Waals surface area contributed by atoms with Crippen molar-refractivity contribution in [1.82, 2.24) is 0 Å². The number of halogens is 1. The van der Waals surface area contributed by atoms with E-state index in [0.29, 0.717) is 6.04 Å². The highest BCUT2D eigenvalue weighted by Crippen LogP contribution is 2.29. The lowest BCUT2D eigenvalue weighted by atomic mass is 10.1. The van der Waals surface area contributed by atoms with E-state index in [9.17, 15) is 4.39 Å². The molecule has 1 aliphatic rings. The quantitative estimate of drug-likeness (QED) is 0.657. The van der Waals surface area contributed by atoms with E-state index < -0.39 is 0 Å². The molecule has 2 rings (SSSR count). The average Bonchev–Trinajstić information content (AvgIpc) is 2.06. The minimum absolute atomic E-state index is 0.179. The lowest BCUT2D eigenvalue weighted by Crippen LogP contribution is -2.37. The van der Waals surface area contributed by atoms with Crippen LogP contribution in [0.25, 0.3) is 0 Å². The molecule has 0 saturated carbocycles. The topological polar surface area (TPSA) is 15.3 Å². The zero-order valence-corrected chi connectivity index (χ0v) is 7.84. The number of rotatable bonds is 0. The highest BCUT2D eigenvalue weighted by molar-refractivity contribution is 5.72. The fraction of sp³-hybridized carbons (Fsp3) is 0.400. The first kappa shape index (κ1) is 8.35. The maximum Gasteiger partial charge on any atom is 0.125 e. The SMILES string of the molecule is C[C@@H]1CN(C)c2cc(F)ccc2N1. The van der Waals surface area contributed by atoms with Crippen molar-refractivity contribution < 1.29 is 4.39 Å². The minimum Gasteiger partial charge on any atom is -0.379 e. The lowest BCUT2D eigenvalue weighted by molar-refractivity contribution is 0.625. The van der Waals surface area contributed by atoms with Gasteiger partial charge in [-0.15, -0.1) is 0 Å². The van der Waals surface area contributed by atoms with Gasteiger partial charge in [-0.2, -0.15) is 0 Å². The second-order valence-corrected chi connectivity index (χ2v) is 3.59. The normalized spacial score (nSPS) is 20.8. The Morgan fingerprint density at radius 1 is 1.54 bits per heavy atom. The first-order valence-electron chi connectivity index (χ1n) is 4.44. The molecular weight excluding hydrogens is 167 g/mol. The van der Waals surface area contributed by atoms with Gasteiger partial charge in [-0.05, 0) is 25.1 Å². The molecule has 1 N–H and O–H groups in total. The van der Waals surface area contributed by atoms with E-state index in [4.69, 9.17) is 0 Å². The molecule has 0 bridgehead atoms. The summed E-state index contributed by atoms with van der Waals surface area (Å²) in [6.07, 6.45) is 0. The molecule has 0 radical (unpaired) electrons. The summed E-state index contributed by atoms with van der Waals surface area (Å²) in [4.78, 5) is 2.07. The highest BCUT2D eigenvalue weighted by atomic mass is 19.1. The Morgan fingerprint density at radius 2 is 2.31 bits per heavy atom. The predicted octanol–water partition coefficient (Wildman–Crippen LogP) is 2.08. The Balaban J connectivity index is 2.43. The Morgan fingerprint density at radius 3 is 3.08 bits per heavy atom. The average molecular weight is 180 g/mol. The molecule has 1 aromatic carbocycles. The lowest BCUT2D eigenvalue weighted by Gasteiger charge is -2.33. The maximum absolute atomic E-state index is 12.9. The van der Waals surface area contributed by atoms with Crippen LogP contribution in [0.5, 0.6) is 0 Å². The number of anilines is 2. The molecule has 1 aliphatic heterocycles. The number of likely N-dealkylation sites (N-methyl/N-ethyl adjacent to an activating group) is 1. The van der Waals surface area contributed by atoms with Crippen LogP contribution >= 0.6 is 0 Å². The molecule has 0 aliphatic carbocycles. The summed E-state index contributed by atoms with van der Waals surface area (Å²) < 4.78 is 12.9. The monoisotopic (exact) mass is 180 g/mol. The van der Waals surface area contributed by atoms with E-state index in [1.165, 1.54) is 6.07 Å². The number of nitrogens with zero attached hydrogens (tertiary/aromatic N) is 1. The van der Waals surface area contributed by atoms with Crippen LogP contribution in [0.2, 0.25) is 0 Å². The molecule has 1 aromatic rings. The van der Waals surface area contributed by atoms with Gasteiger partial charge in [0.15, 0.2) is 0 Å². The largest absolute Gasteiger partial charge is 0.379 e. The van der Waals surface area contributed by atoms with Gasteiger partial charge in [-0.3, -0.25) is 0 Å². The first-order chi connectivity index (χ1) is 6.16. The van der Waals surface area contributed by atoms with Gasteiger partial charge in [-0.25, -0.2) is 4.39 Å². The van der Waals surface area contributed by atoms with Gasteiger partial charge in [-0.1, -0.05) is 0 Å². The van der Waals surface area contributed by atoms with Crippen LogP contribution in [-0.4, -0.2) is 19.6 Å². The Bertz CT molecular complexity index is 325. The van der Waals surface area contributed by atoms with E-state index in [-0.39, 0.29) is 5.82 Å². The second kappa shape index (κ2) is 2.91. The van der Waals surface area contributed by atoms with Crippen LogP contribution in [0.3, 0.4) is 0 Å². The standard InChI is InChI=1S/C10H13FN2/c1-7-6-13(2)10-5-8(11)3-4-9(10)12-7/h3-5,7,12H,6H2,1-2H3/t7-/m1/s1. The number of hydrogen-bond acceptors (Lipinski definition) is 2. The molecular formula is C10H13FN2. The van der Waals surface area contributed by atoms with E-state index in [1.54, 1.807) is 12.1 Å². The summed E-state index contributed by atoms with van der Waals surface area (Å²) in [5.74, 6) is -0.179. The van der Waals surface area contributed by atoms with Crippen molar-refractivity contribution in [3.05, 3.63) is 24.0 Å². The summed E-state index contributed by atoms with van der Waals surface area (Å²) in [5.41, 5.74) is 1.96. The smallest absolute Gasteiger partial charge is 0.125 e. The Labute approximate surface area is 77.4 Å². The fourth-order valence-electron chi connectivity index (χ4n) is 1.76. The van der Waals surface area contributed by atoms with Crippen molar-refractivity contribution in [2.45, 2.75) is 13.0 Å². The molecule has 1 atom stereocenters. The number of fused-ring (bicyclic) bond motifs is 1. The third-order valence-electron chi connectivity index (χ3n) is 2.32. The van der Waals surface area contributed by atoms with Crippen LogP contribution in [-0.2, 0) is 0 Å². The van der Waals surface area contributed by atoms with E-state index in [0.717, 1.165) is 17.9 Å². The van der Waals surface area contributed by atoms with Gasteiger partial charge in [0.25, 0.3) is 0 Å². The van der Waals surface area contributed by atoms with Crippen molar-refractivity contribution >= 4 is 11.4 Å². The van der Waals surface area contributed by atoms with Crippen molar-refractivity contribution in [2.75, 3.05) is 23.8 Å². The molecule has 13 heavy (non-hydrogen) atoms. The molecule has 70 valence electrons. The molecule has 1 heterocycles. The molecule has 3 heteroatoms. The first-order valence-corrected chi connectivity index (χ1v) is 4.44. The maximum atomic E-state index is 12.9. The van der Waals surface area contributed by atoms with Crippen LogP contribution in [0.4, 0.5) is 15.8 Å². The van der Waals surface area contributed by atoms with Crippen molar-refractivity contribution in [1.29, 1.82) is 0 Å². The second-order valence-electron chi connectivity index (χ2n) is 3.59. The molecule has 0 fully saturated rings. The summed E-state index contributed by atoms with van der Waals surface area (Å²) in [6.45, 7) is 3.03. The zero-order valence-electron chi connectivity index (χ0n) is 7.84. The highest BCUT2D eigenvalue weighted by Gasteiger charge is 2.17. The van der Waals surface area contributed by atoms with Crippen molar-refractivity contribution in [3.8, 4) is 0 Å². The molecule has 0 amide bonds. The molecule has 0 saturated heterocycles. The number of hydrogen-bond donors (Lipinski definition) is 1. The third kappa shape index (κ3) is 1.46. The summed E-state index contributed by atoms with van der Waals surface area (Å²) in [6, 6.07) is 5.26. The summed E-state index contributed by atoms with van der Waals surface area (Å²) in [5, 5.41) is 3.31. The summed E-state index contributed by atoms with van der Waals surface area (Å²) >= 11 is 0. The van der Waals surface area contributed by atoms with Gasteiger partial charge >= 0.3 is 0 Å². The minimum atomic E-state index is -0.179. The molecule has 0 unspecified atom stereocenters. The van der Waals surface area contributed by atoms with Crippen LogP contribution < -0.4 is 10.2 Å². The van der Waals surface area contributed by atoms with Gasteiger partial charge in [0.2, 0.25) is 0 Å². The fourth-order valence-corrected chi connectivity index (χ4v) is 1.76. The zero-order chi connectivity index (χ0) is 9.42. The summed E-state index contributed by atoms with van der Waals surface area (Å²) in [7, 11) is 1.98. The van der Waals surface area contributed by atoms with Gasteiger partial charge in [0.1, 0.15) is 5.82 Å². The van der Waals surface area contributed by atoms with Crippen molar-refractivity contribution in [2.24, 2.45) is 0 Å².